The predicted molar refractivity (Wildman–Crippen MR) is 366 cm³/mol. The molecule has 1 aromatic heterocycles. The quantitative estimate of drug-likeness (QED) is 0.136. The van der Waals surface area contributed by atoms with Crippen LogP contribution >= 0.6 is 0 Å². The van der Waals surface area contributed by atoms with Gasteiger partial charge in [0.1, 0.15) is 11.2 Å². The zero-order valence-corrected chi connectivity index (χ0v) is 48.9. The normalized spacial score (nSPS) is 21.2. The average Bonchev–Trinajstić information content (AvgIpc) is 1.47. The molecule has 19 rings (SSSR count). The highest BCUT2D eigenvalue weighted by Gasteiger charge is 2.63. The third-order valence-corrected chi connectivity index (χ3v) is 20.8. The molecule has 0 unspecified atom stereocenters. The molecule has 3 nitrogen and oxygen atoms in total. The van der Waals surface area contributed by atoms with E-state index in [2.05, 4.69) is 157 Å². The van der Waals surface area contributed by atoms with Gasteiger partial charge < -0.3 is 14.2 Å². The maximum absolute atomic E-state index is 9.01. The Balaban J connectivity index is 0.797. The molecule has 88 heavy (non-hydrogen) atoms. The number of benzene rings is 12. The average molecular weight is 1140 g/mol. The molecule has 0 saturated heterocycles. The maximum atomic E-state index is 9.01. The van der Waals surface area contributed by atoms with E-state index in [9.17, 15) is 0 Å². The van der Waals surface area contributed by atoms with Gasteiger partial charge in [0.15, 0.2) is 0 Å². The first kappa shape index (κ1) is 42.0. The molecule has 4 saturated carbocycles. The van der Waals surface area contributed by atoms with Crippen LogP contribution in [0.1, 0.15) is 81.9 Å². The lowest BCUT2D eigenvalue weighted by Crippen LogP contribution is -2.55. The van der Waals surface area contributed by atoms with E-state index in [-0.39, 0.29) is 64.9 Å². The van der Waals surface area contributed by atoms with Crippen molar-refractivity contribution in [3.63, 3.8) is 0 Å². The fraction of sp³-hybridized carbons (Fsp3) is 0.153. The molecule has 0 aliphatic heterocycles. The molecule has 12 aromatic carbocycles. The van der Waals surface area contributed by atoms with Crippen molar-refractivity contribution in [2.75, 3.05) is 9.80 Å². The molecule has 1 spiro atoms. The van der Waals surface area contributed by atoms with Gasteiger partial charge in [0.25, 0.3) is 0 Å². The lowest BCUT2D eigenvalue weighted by molar-refractivity contribution is -0.0393. The highest BCUT2D eigenvalue weighted by Crippen LogP contribution is 2.72. The standard InChI is InChI=1S/C85H66N2O/c1-84(2)75-50-66(86(64-31-19-29-60(48-64)56-21-7-3-8-22-56)78-35-17-15-33-68(78)58-25-11-5-12-26-58)37-39-70(75)73-53-77-74(52-76(73)84)71-41-42-80-82(83(71)85(77)62-44-54-43-55(46-62)47-63(85)45-54)72-40-38-67(51-81(72)88-80)87(65-32-20-30-61(49-65)57-23-9-4-10-24-57)79-36-18-16-34-69(79)59-27-13-6-14-28-59/h3-42,48-55,62-63H,43-47H2,1-2H3/i3D,4D,7D,8D,9D,10D,21D,22D,23D,24D. The highest BCUT2D eigenvalue weighted by molar-refractivity contribution is 6.13. The molecule has 0 radical (unpaired) electrons. The Morgan fingerprint density at radius 1 is 0.364 bits per heavy atom. The van der Waals surface area contributed by atoms with Crippen LogP contribution in [0.15, 0.2) is 283 Å². The summed E-state index contributed by atoms with van der Waals surface area (Å²) in [6.45, 7) is 4.73. The summed E-state index contributed by atoms with van der Waals surface area (Å²) in [6, 6.07) is 72.7. The molecule has 4 fully saturated rings. The Labute approximate surface area is 529 Å². The molecule has 0 atom stereocenters. The van der Waals surface area contributed by atoms with Crippen LogP contribution < -0.4 is 9.80 Å². The fourth-order valence-electron chi connectivity index (χ4n) is 17.3. The monoisotopic (exact) mass is 1140 g/mol. The molecule has 6 aliphatic rings. The van der Waals surface area contributed by atoms with Crippen molar-refractivity contribution in [3.05, 3.63) is 301 Å². The summed E-state index contributed by atoms with van der Waals surface area (Å²) in [4.78, 5) is 4.46. The van der Waals surface area contributed by atoms with Crippen LogP contribution in [0.25, 0.3) is 88.7 Å². The number of fused-ring (bicyclic) bond motifs is 10. The Hall–Kier alpha value is -9.96. The molecule has 6 aliphatic carbocycles. The van der Waals surface area contributed by atoms with Crippen LogP contribution in [0, 0.1) is 23.7 Å². The van der Waals surface area contributed by atoms with Gasteiger partial charge in [0.05, 0.1) is 25.1 Å². The summed E-state index contributed by atoms with van der Waals surface area (Å²) >= 11 is 0. The SMILES string of the molecule is [2H]c1c([2H])c([2H])c(-c2cccc(N(c3ccc4c(c3)C(C)(C)c3cc5c(cc3-4)C3(c4c-5ccc5oc6cc(N(c7cccc(-c8c([2H])c([2H])c([2H])c([2H])c8[2H])c7)c7ccccc7-c7ccccc7)ccc6c45)C4CC5CC(C4)CC3C5)c3ccccc3-c3ccccc3)c2)c([2H])c1[2H]. The van der Waals surface area contributed by atoms with Crippen LogP contribution in [0.2, 0.25) is 0 Å². The van der Waals surface area contributed by atoms with Gasteiger partial charge in [-0.25, -0.2) is 0 Å². The van der Waals surface area contributed by atoms with Crippen LogP contribution in [-0.2, 0) is 10.8 Å². The molecule has 422 valence electrons. The minimum absolute atomic E-state index is 0.143. The van der Waals surface area contributed by atoms with Gasteiger partial charge in [-0.15, -0.1) is 0 Å². The molecule has 1 heterocycles. The number of hydrogen-bond acceptors (Lipinski definition) is 3. The van der Waals surface area contributed by atoms with Crippen molar-refractivity contribution in [1.29, 1.82) is 0 Å². The van der Waals surface area contributed by atoms with Crippen molar-refractivity contribution < 1.29 is 18.1 Å². The maximum Gasteiger partial charge on any atom is 0.137 e. The van der Waals surface area contributed by atoms with Crippen LogP contribution in [0.5, 0.6) is 0 Å². The van der Waals surface area contributed by atoms with E-state index in [1.807, 2.05) is 84.9 Å². The second-order valence-electron chi connectivity index (χ2n) is 25.7. The second kappa shape index (κ2) is 19.8. The van der Waals surface area contributed by atoms with E-state index in [0.717, 1.165) is 72.9 Å². The summed E-state index contributed by atoms with van der Waals surface area (Å²) in [5.41, 5.74) is 21.9. The number of furan rings is 1. The van der Waals surface area contributed by atoms with Crippen molar-refractivity contribution in [1.82, 2.24) is 0 Å². The van der Waals surface area contributed by atoms with E-state index in [1.54, 1.807) is 0 Å². The lowest BCUT2D eigenvalue weighted by Gasteiger charge is -2.61. The lowest BCUT2D eigenvalue weighted by atomic mass is 9.43. The molecule has 13 aromatic rings. The number of anilines is 6. The third-order valence-electron chi connectivity index (χ3n) is 20.8. The Bertz CT molecular complexity index is 5460. The van der Waals surface area contributed by atoms with Crippen molar-refractivity contribution in [2.45, 2.75) is 56.8 Å². The largest absolute Gasteiger partial charge is 0.456 e. The van der Waals surface area contributed by atoms with E-state index in [0.29, 0.717) is 34.8 Å². The topological polar surface area (TPSA) is 19.6 Å². The van der Waals surface area contributed by atoms with Crippen molar-refractivity contribution in [2.24, 2.45) is 23.7 Å². The summed E-state index contributed by atoms with van der Waals surface area (Å²) < 4.78 is 94.4. The highest BCUT2D eigenvalue weighted by atomic mass is 16.3. The van der Waals surface area contributed by atoms with Gasteiger partial charge in [-0.05, 0) is 213 Å². The molecule has 4 bridgehead atoms. The zero-order valence-electron chi connectivity index (χ0n) is 58.9. The molecule has 0 N–H and O–H groups in total. The Morgan fingerprint density at radius 2 is 0.841 bits per heavy atom. The van der Waals surface area contributed by atoms with Crippen LogP contribution in [-0.4, -0.2) is 0 Å². The summed E-state index contributed by atoms with van der Waals surface area (Å²) in [5.74, 6) is 2.31. The van der Waals surface area contributed by atoms with Crippen molar-refractivity contribution >= 4 is 56.1 Å². The van der Waals surface area contributed by atoms with E-state index in [1.165, 1.54) is 82.0 Å². The summed E-state index contributed by atoms with van der Waals surface area (Å²) in [5, 5.41) is 2.25. The predicted octanol–water partition coefficient (Wildman–Crippen LogP) is 23.2. The van der Waals surface area contributed by atoms with Crippen LogP contribution in [0.4, 0.5) is 34.1 Å². The van der Waals surface area contributed by atoms with Crippen molar-refractivity contribution in [3.8, 4) is 66.8 Å². The number of nitrogens with zero attached hydrogens (tertiary/aromatic N) is 2. The Kier molecular flexibility index (Phi) is 9.44. The summed E-state index contributed by atoms with van der Waals surface area (Å²) in [7, 11) is 0. The van der Waals surface area contributed by atoms with Gasteiger partial charge in [0.2, 0.25) is 0 Å². The number of para-hydroxylation sites is 2. The van der Waals surface area contributed by atoms with Gasteiger partial charge in [-0.2, -0.15) is 0 Å². The third kappa shape index (κ3) is 7.75. The zero-order chi connectivity index (χ0) is 66.9. The van der Waals surface area contributed by atoms with Gasteiger partial charge in [0, 0.05) is 61.5 Å². The molecular formula is C85H66N2O. The Morgan fingerprint density at radius 3 is 1.43 bits per heavy atom. The first-order valence-corrected chi connectivity index (χ1v) is 31.1. The molecule has 0 amide bonds. The molecule has 3 heteroatoms. The molecular weight excluding hydrogens is 1060 g/mol. The van der Waals surface area contributed by atoms with Crippen LogP contribution in [0.3, 0.4) is 0 Å². The van der Waals surface area contributed by atoms with Gasteiger partial charge >= 0.3 is 0 Å². The number of hydrogen-bond donors (Lipinski definition) is 0. The second-order valence-corrected chi connectivity index (χ2v) is 25.7. The summed E-state index contributed by atoms with van der Waals surface area (Å²) in [6.07, 6.45) is 6.10. The van der Waals surface area contributed by atoms with E-state index < -0.39 is 17.5 Å². The smallest absolute Gasteiger partial charge is 0.137 e. The fourth-order valence-corrected chi connectivity index (χ4v) is 17.3. The first-order valence-electron chi connectivity index (χ1n) is 36.1. The van der Waals surface area contributed by atoms with E-state index in [4.69, 9.17) is 18.1 Å². The first-order chi connectivity index (χ1) is 47.5. The van der Waals surface area contributed by atoms with Gasteiger partial charge in [-0.3, -0.25) is 0 Å². The number of rotatable bonds is 10. The minimum atomic E-state index is -0.447. The minimum Gasteiger partial charge on any atom is -0.456 e. The van der Waals surface area contributed by atoms with Gasteiger partial charge in [-0.1, -0.05) is 208 Å². The van der Waals surface area contributed by atoms with E-state index >= 15 is 0 Å².